The Kier molecular flexibility index (Phi) is 8.63. The van der Waals surface area contributed by atoms with Crippen molar-refractivity contribution < 1.29 is 4.79 Å². The van der Waals surface area contributed by atoms with Gasteiger partial charge in [-0.25, -0.2) is 4.98 Å². The van der Waals surface area contributed by atoms with Gasteiger partial charge in [-0.3, -0.25) is 9.89 Å². The number of aromatic nitrogens is 3. The van der Waals surface area contributed by atoms with Crippen LogP contribution in [0.1, 0.15) is 40.5 Å². The molecule has 1 amide bonds. The molecule has 150 valence electrons. The second-order valence-corrected chi connectivity index (χ2v) is 7.46. The van der Waals surface area contributed by atoms with Crippen molar-refractivity contribution in [2.24, 2.45) is 5.73 Å². The number of hydrogen-bond acceptors (Lipinski definition) is 5. The molecule has 0 unspecified atom stereocenters. The molecule has 0 aliphatic rings. The summed E-state index contributed by atoms with van der Waals surface area (Å²) >= 11 is 1.43. The summed E-state index contributed by atoms with van der Waals surface area (Å²) < 4.78 is 0. The lowest BCUT2D eigenvalue weighted by Crippen LogP contribution is -2.28. The van der Waals surface area contributed by atoms with Crippen molar-refractivity contribution in [3.05, 3.63) is 58.2 Å². The Labute approximate surface area is 175 Å². The van der Waals surface area contributed by atoms with Crippen LogP contribution in [0.3, 0.4) is 0 Å². The van der Waals surface area contributed by atoms with Crippen LogP contribution in [0.25, 0.3) is 11.3 Å². The molecular formula is C20H26ClN5OS. The third-order valence-corrected chi connectivity index (χ3v) is 5.30. The predicted molar refractivity (Wildman–Crippen MR) is 116 cm³/mol. The number of nitrogens with zero attached hydrogens (tertiary/aromatic N) is 3. The maximum atomic E-state index is 12.3. The highest BCUT2D eigenvalue weighted by Crippen LogP contribution is 2.18. The maximum absolute atomic E-state index is 12.3. The van der Waals surface area contributed by atoms with Gasteiger partial charge >= 0.3 is 0 Å². The maximum Gasteiger partial charge on any atom is 0.273 e. The fourth-order valence-electron chi connectivity index (χ4n) is 2.89. The number of nitrogens with one attached hydrogen (secondary N) is 1. The number of hydrogen-bond donors (Lipinski definition) is 2. The molecule has 0 radical (unpaired) electrons. The van der Waals surface area contributed by atoms with Crippen LogP contribution >= 0.6 is 23.7 Å². The van der Waals surface area contributed by atoms with Crippen LogP contribution in [0.2, 0.25) is 0 Å². The van der Waals surface area contributed by atoms with E-state index in [2.05, 4.69) is 33.4 Å². The number of rotatable bonds is 9. The van der Waals surface area contributed by atoms with E-state index in [4.69, 9.17) is 5.73 Å². The fourth-order valence-corrected chi connectivity index (χ4v) is 3.54. The number of thiazole rings is 1. The molecule has 0 aliphatic heterocycles. The number of aromatic amines is 1. The first-order chi connectivity index (χ1) is 13.2. The molecule has 0 fully saturated rings. The summed E-state index contributed by atoms with van der Waals surface area (Å²) in [5, 5.41) is 10.1. The SMILES string of the molecule is CN(CCCCCc1cc(-c2ccccc2)n[nH]1)C(=O)c1csc(CN)n1.Cl. The normalized spacial score (nSPS) is 10.5. The van der Waals surface area contributed by atoms with Gasteiger partial charge in [-0.1, -0.05) is 36.8 Å². The molecule has 3 rings (SSSR count). The number of benzene rings is 1. The molecule has 28 heavy (non-hydrogen) atoms. The lowest BCUT2D eigenvalue weighted by Gasteiger charge is -2.15. The van der Waals surface area contributed by atoms with Crippen molar-refractivity contribution in [1.29, 1.82) is 0 Å². The summed E-state index contributed by atoms with van der Waals surface area (Å²) in [7, 11) is 1.82. The van der Waals surface area contributed by atoms with Crippen molar-refractivity contribution in [3.63, 3.8) is 0 Å². The quantitative estimate of drug-likeness (QED) is 0.515. The predicted octanol–water partition coefficient (Wildman–Crippen LogP) is 3.90. The van der Waals surface area contributed by atoms with Gasteiger partial charge in [0.1, 0.15) is 10.7 Å². The van der Waals surface area contributed by atoms with Gasteiger partial charge < -0.3 is 10.6 Å². The number of H-pyrrole nitrogens is 1. The number of amides is 1. The number of carbonyl (C=O) groups excluding carboxylic acids is 1. The highest BCUT2D eigenvalue weighted by molar-refractivity contribution is 7.09. The zero-order valence-electron chi connectivity index (χ0n) is 15.9. The largest absolute Gasteiger partial charge is 0.340 e. The topological polar surface area (TPSA) is 87.9 Å². The molecular weight excluding hydrogens is 394 g/mol. The molecule has 3 aromatic rings. The highest BCUT2D eigenvalue weighted by Gasteiger charge is 2.14. The first kappa shape index (κ1) is 22.1. The van der Waals surface area contributed by atoms with Crippen LogP contribution in [0.5, 0.6) is 0 Å². The van der Waals surface area contributed by atoms with Crippen molar-refractivity contribution in [2.45, 2.75) is 32.2 Å². The van der Waals surface area contributed by atoms with Crippen LogP contribution < -0.4 is 5.73 Å². The number of aryl methyl sites for hydroxylation is 1. The summed E-state index contributed by atoms with van der Waals surface area (Å²) in [4.78, 5) is 18.3. The van der Waals surface area contributed by atoms with Crippen LogP contribution in [-0.4, -0.2) is 39.6 Å². The molecule has 0 saturated carbocycles. The molecule has 0 spiro atoms. The zero-order chi connectivity index (χ0) is 19.1. The molecule has 0 saturated heterocycles. The summed E-state index contributed by atoms with van der Waals surface area (Å²) in [6, 6.07) is 12.3. The van der Waals surface area contributed by atoms with Gasteiger partial charge in [-0.15, -0.1) is 23.7 Å². The Morgan fingerprint density at radius 3 is 2.71 bits per heavy atom. The lowest BCUT2D eigenvalue weighted by molar-refractivity contribution is 0.0787. The minimum absolute atomic E-state index is 0. The van der Waals surface area contributed by atoms with E-state index in [-0.39, 0.29) is 18.3 Å². The van der Waals surface area contributed by atoms with Crippen molar-refractivity contribution in [3.8, 4) is 11.3 Å². The molecule has 0 atom stereocenters. The standard InChI is InChI=1S/C20H25N5OS.ClH/c1-25(20(26)18-14-27-19(13-21)22-18)11-7-3-6-10-16-12-17(24-23-16)15-8-4-2-5-9-15;/h2,4-5,8-9,12,14H,3,6-7,10-11,13,21H2,1H3,(H,23,24);1H. The first-order valence-corrected chi connectivity index (χ1v) is 10.0. The average Bonchev–Trinajstić information content (AvgIpc) is 3.37. The molecule has 3 N–H and O–H groups in total. The lowest BCUT2D eigenvalue weighted by atomic mass is 10.1. The van der Waals surface area contributed by atoms with Gasteiger partial charge in [-0.2, -0.15) is 5.10 Å². The van der Waals surface area contributed by atoms with Crippen LogP contribution in [0.15, 0.2) is 41.8 Å². The Bertz CT molecular complexity index is 864. The Morgan fingerprint density at radius 1 is 1.21 bits per heavy atom. The van der Waals surface area contributed by atoms with Gasteiger partial charge in [0.15, 0.2) is 0 Å². The molecule has 0 bridgehead atoms. The Morgan fingerprint density at radius 2 is 2.00 bits per heavy atom. The van der Waals surface area contributed by atoms with E-state index in [9.17, 15) is 4.79 Å². The number of halogens is 1. The van der Waals surface area contributed by atoms with Crippen LogP contribution in [0.4, 0.5) is 0 Å². The van der Waals surface area contributed by atoms with Gasteiger partial charge in [0, 0.05) is 36.8 Å². The second kappa shape index (κ2) is 10.9. The monoisotopic (exact) mass is 419 g/mol. The van der Waals surface area contributed by atoms with E-state index in [0.29, 0.717) is 12.2 Å². The third kappa shape index (κ3) is 5.89. The zero-order valence-corrected chi connectivity index (χ0v) is 17.6. The van der Waals surface area contributed by atoms with Gasteiger partial charge in [0.05, 0.1) is 5.69 Å². The van der Waals surface area contributed by atoms with Crippen molar-refractivity contribution in [1.82, 2.24) is 20.1 Å². The van der Waals surface area contributed by atoms with Crippen LogP contribution in [-0.2, 0) is 13.0 Å². The third-order valence-electron chi connectivity index (χ3n) is 4.43. The molecule has 6 nitrogen and oxygen atoms in total. The van der Waals surface area contributed by atoms with E-state index in [1.54, 1.807) is 10.3 Å². The van der Waals surface area contributed by atoms with Crippen molar-refractivity contribution in [2.75, 3.05) is 13.6 Å². The van der Waals surface area contributed by atoms with Crippen molar-refractivity contribution >= 4 is 29.7 Å². The number of unbranched alkanes of at least 4 members (excludes halogenated alkanes) is 2. The van der Waals surface area contributed by atoms with E-state index in [1.165, 1.54) is 11.3 Å². The Hall–Kier alpha value is -2.22. The molecule has 8 heteroatoms. The summed E-state index contributed by atoms with van der Waals surface area (Å²) in [6.45, 7) is 1.10. The molecule has 2 aromatic heterocycles. The van der Waals surface area contributed by atoms with Gasteiger partial charge in [-0.05, 0) is 25.3 Å². The summed E-state index contributed by atoms with van der Waals surface area (Å²) in [6.07, 6.45) is 4.05. The number of nitrogens with two attached hydrogens (primary N) is 1. The van der Waals surface area contributed by atoms with Crippen LogP contribution in [0, 0.1) is 0 Å². The smallest absolute Gasteiger partial charge is 0.273 e. The Balaban J connectivity index is 0.00000280. The average molecular weight is 420 g/mol. The fraction of sp³-hybridized carbons (Fsp3) is 0.350. The summed E-state index contributed by atoms with van der Waals surface area (Å²) in [5.74, 6) is -0.0352. The van der Waals surface area contributed by atoms with Gasteiger partial charge in [0.2, 0.25) is 0 Å². The van der Waals surface area contributed by atoms with E-state index in [0.717, 1.165) is 54.2 Å². The molecule has 2 heterocycles. The van der Waals surface area contributed by atoms with E-state index in [1.807, 2.05) is 25.2 Å². The minimum Gasteiger partial charge on any atom is -0.340 e. The van der Waals surface area contributed by atoms with E-state index < -0.39 is 0 Å². The first-order valence-electron chi connectivity index (χ1n) is 9.17. The van der Waals surface area contributed by atoms with E-state index >= 15 is 0 Å². The van der Waals surface area contributed by atoms with Gasteiger partial charge in [0.25, 0.3) is 5.91 Å². The summed E-state index contributed by atoms with van der Waals surface area (Å²) in [5.41, 5.74) is 9.30. The highest BCUT2D eigenvalue weighted by atomic mass is 35.5. The number of carbonyl (C=O) groups is 1. The molecule has 0 aliphatic carbocycles. The second-order valence-electron chi connectivity index (χ2n) is 6.51. The minimum atomic E-state index is -0.0352. The molecule has 1 aromatic carbocycles.